The molecule has 0 saturated heterocycles. The summed E-state index contributed by atoms with van der Waals surface area (Å²) in [5.41, 5.74) is 1.81. The van der Waals surface area contributed by atoms with Gasteiger partial charge in [0.1, 0.15) is 0 Å². The fourth-order valence-electron chi connectivity index (χ4n) is 2.01. The summed E-state index contributed by atoms with van der Waals surface area (Å²) in [5.74, 6) is 0. The summed E-state index contributed by atoms with van der Waals surface area (Å²) in [6.07, 6.45) is 0.670. The van der Waals surface area contributed by atoms with E-state index in [9.17, 15) is 8.42 Å². The van der Waals surface area contributed by atoms with Crippen LogP contribution < -0.4 is 10.0 Å². The average molecular weight is 314 g/mol. The molecule has 0 spiro atoms. The molecule has 0 aliphatic heterocycles. The lowest BCUT2D eigenvalue weighted by atomic mass is 10.1. The van der Waals surface area contributed by atoms with E-state index in [0.29, 0.717) is 37.6 Å². The van der Waals surface area contributed by atoms with Gasteiger partial charge in [0.25, 0.3) is 0 Å². The molecular formula is C15H26N2O3S. The normalized spacial score (nSPS) is 11.8. The number of hydrogen-bond donors (Lipinski definition) is 2. The van der Waals surface area contributed by atoms with Gasteiger partial charge < -0.3 is 10.1 Å². The van der Waals surface area contributed by atoms with Gasteiger partial charge >= 0.3 is 0 Å². The van der Waals surface area contributed by atoms with Gasteiger partial charge in [-0.15, -0.1) is 0 Å². The third-order valence-corrected chi connectivity index (χ3v) is 4.82. The number of ether oxygens (including phenoxy) is 1. The van der Waals surface area contributed by atoms with Crippen molar-refractivity contribution in [2.24, 2.45) is 0 Å². The van der Waals surface area contributed by atoms with Crippen LogP contribution in [0.5, 0.6) is 0 Å². The molecule has 1 aromatic carbocycles. The highest BCUT2D eigenvalue weighted by atomic mass is 32.2. The van der Waals surface area contributed by atoms with Crippen molar-refractivity contribution in [2.45, 2.75) is 38.6 Å². The first-order chi connectivity index (χ1) is 10.0. The number of benzene rings is 1. The zero-order valence-electron chi connectivity index (χ0n) is 13.1. The molecule has 0 aliphatic carbocycles. The molecule has 0 amide bonds. The minimum absolute atomic E-state index is 0.356. The monoisotopic (exact) mass is 314 g/mol. The Morgan fingerprint density at radius 2 is 2.00 bits per heavy atom. The molecule has 0 saturated carbocycles. The zero-order chi connectivity index (χ0) is 15.7. The molecule has 0 fully saturated rings. The number of nitrogens with one attached hydrogen (secondary N) is 2. The van der Waals surface area contributed by atoms with E-state index in [-0.39, 0.29) is 0 Å². The summed E-state index contributed by atoms with van der Waals surface area (Å²) in [6, 6.07) is 5.39. The second kappa shape index (κ2) is 9.15. The Morgan fingerprint density at radius 1 is 1.24 bits per heavy atom. The molecule has 0 atom stereocenters. The number of sulfonamides is 1. The Kier molecular flexibility index (Phi) is 7.88. The van der Waals surface area contributed by atoms with E-state index >= 15 is 0 Å². The van der Waals surface area contributed by atoms with Crippen LogP contribution >= 0.6 is 0 Å². The predicted molar refractivity (Wildman–Crippen MR) is 84.9 cm³/mol. The second-order valence-corrected chi connectivity index (χ2v) is 6.50. The predicted octanol–water partition coefficient (Wildman–Crippen LogP) is 1.81. The van der Waals surface area contributed by atoms with E-state index in [0.717, 1.165) is 17.7 Å². The molecule has 0 bridgehead atoms. The van der Waals surface area contributed by atoms with Crippen molar-refractivity contribution < 1.29 is 13.2 Å². The topological polar surface area (TPSA) is 67.4 Å². The van der Waals surface area contributed by atoms with Gasteiger partial charge in [0.15, 0.2) is 0 Å². The van der Waals surface area contributed by atoms with Gasteiger partial charge in [0.05, 0.1) is 4.90 Å². The first kappa shape index (κ1) is 18.1. The lowest BCUT2D eigenvalue weighted by Crippen LogP contribution is -2.26. The van der Waals surface area contributed by atoms with E-state index in [4.69, 9.17) is 4.74 Å². The summed E-state index contributed by atoms with van der Waals surface area (Å²) in [4.78, 5) is 0.356. The van der Waals surface area contributed by atoms with E-state index in [1.807, 2.05) is 26.8 Å². The standard InChI is InChI=1S/C15H26N2O3S/c1-4-16-12-14-8-6-9-15(13(14)3)21(18,19)17-10-7-11-20-5-2/h6,8-9,16-17H,4-5,7,10-12H2,1-3H3. The highest BCUT2D eigenvalue weighted by Gasteiger charge is 2.17. The molecule has 0 aromatic heterocycles. The van der Waals surface area contributed by atoms with Crippen LogP contribution in [-0.4, -0.2) is 34.7 Å². The highest BCUT2D eigenvalue weighted by Crippen LogP contribution is 2.18. The van der Waals surface area contributed by atoms with Crippen molar-refractivity contribution in [3.05, 3.63) is 29.3 Å². The summed E-state index contributed by atoms with van der Waals surface area (Å²) in [7, 11) is -3.46. The van der Waals surface area contributed by atoms with Crippen LogP contribution in [0.4, 0.5) is 0 Å². The zero-order valence-corrected chi connectivity index (χ0v) is 13.9. The minimum Gasteiger partial charge on any atom is -0.382 e. The summed E-state index contributed by atoms with van der Waals surface area (Å²) < 4.78 is 32.5. The summed E-state index contributed by atoms with van der Waals surface area (Å²) >= 11 is 0. The second-order valence-electron chi connectivity index (χ2n) is 4.77. The van der Waals surface area contributed by atoms with Gasteiger partial charge in [-0.2, -0.15) is 0 Å². The maximum atomic E-state index is 12.3. The van der Waals surface area contributed by atoms with Gasteiger partial charge in [-0.25, -0.2) is 13.1 Å². The molecule has 1 rings (SSSR count). The van der Waals surface area contributed by atoms with Crippen molar-refractivity contribution in [3.63, 3.8) is 0 Å². The molecule has 0 radical (unpaired) electrons. The van der Waals surface area contributed by atoms with Crippen LogP contribution in [0.25, 0.3) is 0 Å². The Labute approximate surface area is 128 Å². The Hall–Kier alpha value is -0.950. The molecule has 0 aliphatic rings. The van der Waals surface area contributed by atoms with Gasteiger partial charge in [0, 0.05) is 26.3 Å². The lowest BCUT2D eigenvalue weighted by Gasteiger charge is -2.13. The molecule has 0 heterocycles. The molecule has 0 unspecified atom stereocenters. The summed E-state index contributed by atoms with van der Waals surface area (Å²) in [5, 5.41) is 3.22. The van der Waals surface area contributed by atoms with Gasteiger partial charge in [-0.3, -0.25) is 0 Å². The summed E-state index contributed by atoms with van der Waals surface area (Å²) in [6.45, 7) is 8.93. The third-order valence-electron chi connectivity index (χ3n) is 3.21. The molecule has 6 heteroatoms. The van der Waals surface area contributed by atoms with Crippen LogP contribution in [0.3, 0.4) is 0 Å². The maximum absolute atomic E-state index is 12.3. The minimum atomic E-state index is -3.46. The maximum Gasteiger partial charge on any atom is 0.240 e. The average Bonchev–Trinajstić information content (AvgIpc) is 2.45. The Balaban J connectivity index is 2.74. The largest absolute Gasteiger partial charge is 0.382 e. The Bertz CT molecular complexity index is 530. The van der Waals surface area contributed by atoms with E-state index in [1.165, 1.54) is 0 Å². The van der Waals surface area contributed by atoms with Crippen LogP contribution in [0, 0.1) is 6.92 Å². The molecule has 2 N–H and O–H groups in total. The first-order valence-electron chi connectivity index (χ1n) is 7.39. The molecule has 5 nitrogen and oxygen atoms in total. The molecule has 1 aromatic rings. The molecule has 120 valence electrons. The Morgan fingerprint density at radius 3 is 2.67 bits per heavy atom. The van der Waals surface area contributed by atoms with Crippen LogP contribution in [0.2, 0.25) is 0 Å². The SMILES string of the molecule is CCNCc1cccc(S(=O)(=O)NCCCOCC)c1C. The fourth-order valence-corrected chi connectivity index (χ4v) is 3.37. The van der Waals surface area contributed by atoms with Crippen LogP contribution in [0.1, 0.15) is 31.4 Å². The van der Waals surface area contributed by atoms with Crippen molar-refractivity contribution in [1.82, 2.24) is 10.0 Å². The smallest absolute Gasteiger partial charge is 0.240 e. The van der Waals surface area contributed by atoms with Gasteiger partial charge in [-0.1, -0.05) is 19.1 Å². The van der Waals surface area contributed by atoms with Crippen molar-refractivity contribution in [1.29, 1.82) is 0 Å². The first-order valence-corrected chi connectivity index (χ1v) is 8.87. The van der Waals surface area contributed by atoms with Crippen LogP contribution in [0.15, 0.2) is 23.1 Å². The lowest BCUT2D eigenvalue weighted by molar-refractivity contribution is 0.146. The highest BCUT2D eigenvalue weighted by molar-refractivity contribution is 7.89. The third kappa shape index (κ3) is 5.74. The molecular weight excluding hydrogens is 288 g/mol. The van der Waals surface area contributed by atoms with Crippen molar-refractivity contribution >= 4 is 10.0 Å². The van der Waals surface area contributed by atoms with Crippen LogP contribution in [-0.2, 0) is 21.3 Å². The molecule has 21 heavy (non-hydrogen) atoms. The fraction of sp³-hybridized carbons (Fsp3) is 0.600. The van der Waals surface area contributed by atoms with Crippen molar-refractivity contribution in [3.8, 4) is 0 Å². The van der Waals surface area contributed by atoms with E-state index in [1.54, 1.807) is 12.1 Å². The van der Waals surface area contributed by atoms with E-state index in [2.05, 4.69) is 10.0 Å². The van der Waals surface area contributed by atoms with Crippen molar-refractivity contribution in [2.75, 3.05) is 26.3 Å². The number of hydrogen-bond acceptors (Lipinski definition) is 4. The van der Waals surface area contributed by atoms with E-state index < -0.39 is 10.0 Å². The quantitative estimate of drug-likeness (QED) is 0.646. The number of rotatable bonds is 10. The van der Waals surface area contributed by atoms with Gasteiger partial charge in [0.2, 0.25) is 10.0 Å². The van der Waals surface area contributed by atoms with Gasteiger partial charge in [-0.05, 0) is 44.0 Å².